The van der Waals surface area contributed by atoms with Crippen LogP contribution < -0.4 is 0 Å². The molecule has 0 rings (SSSR count). The van der Waals surface area contributed by atoms with E-state index in [2.05, 4.69) is 4.74 Å². The predicted molar refractivity (Wildman–Crippen MR) is 27.2 cm³/mol. The van der Waals surface area contributed by atoms with Crippen molar-refractivity contribution in [3.63, 3.8) is 0 Å². The van der Waals surface area contributed by atoms with Crippen LogP contribution in [-0.4, -0.2) is 27.1 Å². The summed E-state index contributed by atoms with van der Waals surface area (Å²) < 4.78 is 57.9. The van der Waals surface area contributed by atoms with Gasteiger partial charge in [0.2, 0.25) is 0 Å². The predicted octanol–water partition coefficient (Wildman–Crippen LogP) is 0.133. The van der Waals surface area contributed by atoms with E-state index >= 15 is 0 Å². The number of thiol groups is 1. The van der Waals surface area contributed by atoms with Crippen LogP contribution in [0.5, 0.6) is 0 Å². The number of hydrogen-bond donors (Lipinski definition) is 1. The van der Waals surface area contributed by atoms with Crippen molar-refractivity contribution >= 4 is 10.7 Å². The van der Waals surface area contributed by atoms with E-state index in [1.54, 1.807) is 0 Å². The fraction of sp³-hybridized carbons (Fsp3) is 1.00. The molecule has 3 nitrogen and oxygen atoms in total. The Bertz CT molecular complexity index is 170. The molecule has 10 heavy (non-hydrogen) atoms. The van der Waals surface area contributed by atoms with E-state index in [1.165, 1.54) is 0 Å². The molecule has 0 heterocycles. The van der Waals surface area contributed by atoms with Crippen molar-refractivity contribution < 1.29 is 26.3 Å². The van der Waals surface area contributed by atoms with Gasteiger partial charge >= 0.3 is 6.11 Å². The van der Waals surface area contributed by atoms with Crippen LogP contribution in [0.3, 0.4) is 0 Å². The van der Waals surface area contributed by atoms with E-state index < -0.39 is 22.3 Å². The van der Waals surface area contributed by atoms with E-state index in [1.807, 2.05) is 0 Å². The fourth-order valence-electron chi connectivity index (χ4n) is 0.220. The van der Waals surface area contributed by atoms with Gasteiger partial charge in [0.1, 0.15) is 0 Å². The average Bonchev–Trinajstić information content (AvgIpc) is 1.86. The minimum Gasteiger partial charge on any atom is -0.321 e. The highest BCUT2D eigenvalue weighted by atomic mass is 32.2. The molecule has 0 aliphatic carbocycles. The summed E-state index contributed by atoms with van der Waals surface area (Å²) in [6, 6.07) is 0. The van der Waals surface area contributed by atoms with Gasteiger partial charge in [-0.25, -0.2) is 12.8 Å². The Hall–Kier alpha value is -0.300. The number of rotatable bonds is 3. The number of hydrogen-bond acceptors (Lipinski definition) is 3. The number of halogens is 3. The minimum atomic E-state index is -4.24. The monoisotopic (exact) mass is 178 g/mol. The lowest BCUT2D eigenvalue weighted by Gasteiger charge is -2.12. The Morgan fingerprint density at radius 1 is 1.50 bits per heavy atom. The number of alkyl halides is 3. The van der Waals surface area contributed by atoms with Gasteiger partial charge in [-0.05, 0) is 0 Å². The molecule has 0 saturated heterocycles. The molecule has 0 aromatic carbocycles. The van der Waals surface area contributed by atoms with Crippen LogP contribution >= 0.6 is 0 Å². The first kappa shape index (κ1) is 9.70. The molecular weight excluding hydrogens is 173 g/mol. The molecule has 7 heteroatoms. The molecule has 0 radical (unpaired) electrons. The van der Waals surface area contributed by atoms with Crippen LogP contribution in [0.15, 0.2) is 0 Å². The van der Waals surface area contributed by atoms with Crippen molar-refractivity contribution in [1.82, 2.24) is 0 Å². The molecular formula is C3H5F3O3S. The average molecular weight is 178 g/mol. The van der Waals surface area contributed by atoms with Crippen LogP contribution in [0.25, 0.3) is 0 Å². The summed E-state index contributed by atoms with van der Waals surface area (Å²) >= 11 is 0. The molecule has 1 unspecified atom stereocenters. The maximum Gasteiger partial charge on any atom is 0.400 e. The highest BCUT2D eigenvalue weighted by Crippen LogP contribution is 2.22. The summed E-state index contributed by atoms with van der Waals surface area (Å²) in [5.74, 6) is 0. The maximum atomic E-state index is 11.8. The molecule has 0 bridgehead atoms. The second-order valence-electron chi connectivity index (χ2n) is 1.39. The summed E-state index contributed by atoms with van der Waals surface area (Å²) in [7, 11) is -3.28. The third kappa shape index (κ3) is 2.14. The van der Waals surface area contributed by atoms with E-state index in [-0.39, 0.29) is 0 Å². The first-order valence-electron chi connectivity index (χ1n) is 2.12. The normalized spacial score (nSPS) is 15.7. The van der Waals surface area contributed by atoms with Crippen LogP contribution in [0.1, 0.15) is 0 Å². The van der Waals surface area contributed by atoms with Gasteiger partial charge in [-0.15, -0.1) is 0 Å². The summed E-state index contributed by atoms with van der Waals surface area (Å²) in [6.45, 7) is 0. The van der Waals surface area contributed by atoms with Gasteiger partial charge in [-0.3, -0.25) is 0 Å². The molecule has 0 amide bonds. The third-order valence-electron chi connectivity index (χ3n) is 0.735. The third-order valence-corrected chi connectivity index (χ3v) is 1.41. The van der Waals surface area contributed by atoms with E-state index in [0.717, 1.165) is 0 Å². The van der Waals surface area contributed by atoms with Gasteiger partial charge < -0.3 is 4.74 Å². The van der Waals surface area contributed by atoms with Crippen molar-refractivity contribution in [3.8, 4) is 0 Å². The molecule has 0 N–H and O–H groups in total. The van der Waals surface area contributed by atoms with E-state index in [9.17, 15) is 21.6 Å². The lowest BCUT2D eigenvalue weighted by Crippen LogP contribution is -2.32. The van der Waals surface area contributed by atoms with Crippen LogP contribution in [-0.2, 0) is 15.4 Å². The first-order chi connectivity index (χ1) is 4.41. The Morgan fingerprint density at radius 2 is 1.90 bits per heavy atom. The van der Waals surface area contributed by atoms with Gasteiger partial charge in [-0.1, -0.05) is 0 Å². The molecule has 0 saturated carbocycles. The molecule has 0 aromatic heterocycles. The SMILES string of the molecule is COC(F)(F)C(F)[SH](=O)=O. The Kier molecular flexibility index (Phi) is 3.10. The van der Waals surface area contributed by atoms with Crippen molar-refractivity contribution in [2.75, 3.05) is 7.11 Å². The molecule has 0 aliphatic heterocycles. The lowest BCUT2D eigenvalue weighted by molar-refractivity contribution is -0.239. The molecule has 0 fully saturated rings. The molecule has 62 valence electrons. The van der Waals surface area contributed by atoms with Crippen molar-refractivity contribution in [2.24, 2.45) is 0 Å². The van der Waals surface area contributed by atoms with Gasteiger partial charge in [0.15, 0.2) is 10.7 Å². The smallest absolute Gasteiger partial charge is 0.321 e. The zero-order valence-electron chi connectivity index (χ0n) is 4.88. The highest BCUT2D eigenvalue weighted by molar-refractivity contribution is 7.73. The Morgan fingerprint density at radius 3 is 2.00 bits per heavy atom. The molecule has 1 atom stereocenters. The van der Waals surface area contributed by atoms with Gasteiger partial charge in [0, 0.05) is 7.11 Å². The molecule has 0 aromatic rings. The highest BCUT2D eigenvalue weighted by Gasteiger charge is 2.43. The summed E-state index contributed by atoms with van der Waals surface area (Å²) in [5.41, 5.74) is -3.27. The van der Waals surface area contributed by atoms with Crippen molar-refractivity contribution in [2.45, 2.75) is 11.6 Å². The number of ether oxygens (including phenoxy) is 1. The quantitative estimate of drug-likeness (QED) is 0.625. The topological polar surface area (TPSA) is 43.4 Å². The first-order valence-corrected chi connectivity index (χ1v) is 3.37. The fourth-order valence-corrected chi connectivity index (χ4v) is 0.571. The van der Waals surface area contributed by atoms with Gasteiger partial charge in [0.25, 0.3) is 5.50 Å². The summed E-state index contributed by atoms with van der Waals surface area (Å²) in [5, 5.41) is 0. The summed E-state index contributed by atoms with van der Waals surface area (Å²) in [4.78, 5) is 0. The second kappa shape index (κ2) is 3.20. The maximum absolute atomic E-state index is 11.8. The minimum absolute atomic E-state index is 0.519. The summed E-state index contributed by atoms with van der Waals surface area (Å²) in [6.07, 6.45) is -4.24. The van der Waals surface area contributed by atoms with Gasteiger partial charge in [-0.2, -0.15) is 8.78 Å². The lowest BCUT2D eigenvalue weighted by atomic mass is 10.7. The second-order valence-corrected chi connectivity index (χ2v) is 2.41. The zero-order chi connectivity index (χ0) is 8.36. The molecule has 0 aliphatic rings. The standard InChI is InChI=1S/C3H5F3O3S/c1-9-3(5,6)2(4)10(7)8/h2,10H,1H3. The van der Waals surface area contributed by atoms with E-state index in [0.29, 0.717) is 7.11 Å². The van der Waals surface area contributed by atoms with E-state index in [4.69, 9.17) is 0 Å². The van der Waals surface area contributed by atoms with Crippen molar-refractivity contribution in [1.29, 1.82) is 0 Å². The molecule has 0 spiro atoms. The van der Waals surface area contributed by atoms with Crippen LogP contribution in [0, 0.1) is 0 Å². The van der Waals surface area contributed by atoms with Gasteiger partial charge in [0.05, 0.1) is 0 Å². The van der Waals surface area contributed by atoms with Crippen LogP contribution in [0.4, 0.5) is 13.2 Å². The Labute approximate surface area is 56.7 Å². The largest absolute Gasteiger partial charge is 0.400 e. The zero-order valence-corrected chi connectivity index (χ0v) is 5.78. The van der Waals surface area contributed by atoms with Crippen molar-refractivity contribution in [3.05, 3.63) is 0 Å². The Balaban J connectivity index is 4.32. The van der Waals surface area contributed by atoms with Crippen LogP contribution in [0.2, 0.25) is 0 Å². The number of methoxy groups -OCH3 is 1.